The van der Waals surface area contributed by atoms with Gasteiger partial charge in [-0.05, 0) is 25.0 Å². The SMILES string of the molecule is Br.N#Cc1ccc(-c2csc(N=NC3CCCC3)n2)cc1. The first kappa shape index (κ1) is 15.8. The summed E-state index contributed by atoms with van der Waals surface area (Å²) in [6.45, 7) is 0. The van der Waals surface area contributed by atoms with Gasteiger partial charge in [-0.3, -0.25) is 0 Å². The first-order chi connectivity index (χ1) is 9.85. The quantitative estimate of drug-likeness (QED) is 0.696. The Morgan fingerprint density at radius 2 is 1.90 bits per heavy atom. The minimum Gasteiger partial charge on any atom is -0.217 e. The van der Waals surface area contributed by atoms with Crippen LogP contribution in [0.5, 0.6) is 0 Å². The molecule has 1 aromatic carbocycles. The van der Waals surface area contributed by atoms with Gasteiger partial charge < -0.3 is 0 Å². The molecule has 0 radical (unpaired) electrons. The molecule has 0 amide bonds. The van der Waals surface area contributed by atoms with E-state index in [0.717, 1.165) is 24.1 Å². The van der Waals surface area contributed by atoms with Gasteiger partial charge in [0.15, 0.2) is 0 Å². The van der Waals surface area contributed by atoms with Crippen LogP contribution >= 0.6 is 28.3 Å². The summed E-state index contributed by atoms with van der Waals surface area (Å²) in [5.41, 5.74) is 2.55. The Hall–Kier alpha value is -1.58. The van der Waals surface area contributed by atoms with E-state index < -0.39 is 0 Å². The first-order valence-electron chi connectivity index (χ1n) is 6.72. The van der Waals surface area contributed by atoms with E-state index >= 15 is 0 Å². The van der Waals surface area contributed by atoms with Gasteiger partial charge in [0.1, 0.15) is 0 Å². The van der Waals surface area contributed by atoms with E-state index in [1.54, 1.807) is 12.1 Å². The van der Waals surface area contributed by atoms with Crippen molar-refractivity contribution >= 4 is 33.4 Å². The zero-order valence-corrected chi connectivity index (χ0v) is 13.9. The molecular formula is C15H15BrN4S. The van der Waals surface area contributed by atoms with Crippen molar-refractivity contribution in [3.05, 3.63) is 35.2 Å². The van der Waals surface area contributed by atoms with E-state index in [4.69, 9.17) is 5.26 Å². The fourth-order valence-electron chi connectivity index (χ4n) is 2.31. The first-order valence-corrected chi connectivity index (χ1v) is 7.60. The van der Waals surface area contributed by atoms with Gasteiger partial charge in [-0.1, -0.05) is 25.0 Å². The van der Waals surface area contributed by atoms with Gasteiger partial charge in [0, 0.05) is 10.9 Å². The van der Waals surface area contributed by atoms with Gasteiger partial charge in [0.05, 0.1) is 23.4 Å². The van der Waals surface area contributed by atoms with Crippen molar-refractivity contribution in [3.63, 3.8) is 0 Å². The highest BCUT2D eigenvalue weighted by Crippen LogP contribution is 2.28. The van der Waals surface area contributed by atoms with E-state index in [9.17, 15) is 0 Å². The van der Waals surface area contributed by atoms with Gasteiger partial charge in [-0.2, -0.15) is 10.4 Å². The topological polar surface area (TPSA) is 61.4 Å². The second-order valence-corrected chi connectivity index (χ2v) is 5.69. The van der Waals surface area contributed by atoms with Crippen LogP contribution in [-0.2, 0) is 0 Å². The monoisotopic (exact) mass is 362 g/mol. The maximum Gasteiger partial charge on any atom is 0.230 e. The average molecular weight is 363 g/mol. The maximum atomic E-state index is 8.79. The second kappa shape index (κ2) is 7.43. The number of nitriles is 1. The normalized spacial score (nSPS) is 15.0. The molecule has 6 heteroatoms. The molecule has 3 rings (SSSR count). The molecule has 0 atom stereocenters. The maximum absolute atomic E-state index is 8.79. The van der Waals surface area contributed by atoms with Crippen LogP contribution in [0.25, 0.3) is 11.3 Å². The summed E-state index contributed by atoms with van der Waals surface area (Å²) >= 11 is 1.50. The number of hydrogen-bond donors (Lipinski definition) is 0. The molecule has 108 valence electrons. The molecule has 1 saturated carbocycles. The van der Waals surface area contributed by atoms with Gasteiger partial charge >= 0.3 is 0 Å². The molecule has 4 nitrogen and oxygen atoms in total. The van der Waals surface area contributed by atoms with Crippen LogP contribution in [0.3, 0.4) is 0 Å². The molecule has 0 N–H and O–H groups in total. The van der Waals surface area contributed by atoms with Crippen molar-refractivity contribution in [3.8, 4) is 17.3 Å². The van der Waals surface area contributed by atoms with Crippen LogP contribution in [0, 0.1) is 11.3 Å². The molecule has 1 aliphatic carbocycles. The Labute approximate surface area is 138 Å². The largest absolute Gasteiger partial charge is 0.230 e. The third-order valence-electron chi connectivity index (χ3n) is 3.43. The molecular weight excluding hydrogens is 348 g/mol. The molecule has 0 unspecified atom stereocenters. The summed E-state index contributed by atoms with van der Waals surface area (Å²) in [6, 6.07) is 9.91. The van der Waals surface area contributed by atoms with Crippen LogP contribution in [0.4, 0.5) is 5.13 Å². The molecule has 21 heavy (non-hydrogen) atoms. The van der Waals surface area contributed by atoms with Gasteiger partial charge in [-0.15, -0.1) is 33.4 Å². The molecule has 0 saturated heterocycles. The van der Waals surface area contributed by atoms with Gasteiger partial charge in [-0.25, -0.2) is 4.98 Å². The Balaban J connectivity index is 0.00000161. The molecule has 1 heterocycles. The Bertz CT molecular complexity index is 651. The summed E-state index contributed by atoms with van der Waals surface area (Å²) in [5.74, 6) is 0. The van der Waals surface area contributed by atoms with Crippen molar-refractivity contribution in [2.24, 2.45) is 10.2 Å². The Kier molecular flexibility index (Phi) is 5.59. The predicted molar refractivity (Wildman–Crippen MR) is 89.4 cm³/mol. The third kappa shape index (κ3) is 3.96. The standard InChI is InChI=1S/C15H14N4S.BrH/c16-9-11-5-7-12(8-6-11)14-10-20-15(17-14)19-18-13-3-1-2-4-13;/h5-8,10,13H,1-4H2;1H. The number of hydrogen-bond acceptors (Lipinski definition) is 5. The smallest absolute Gasteiger partial charge is 0.217 e. The van der Waals surface area contributed by atoms with E-state index in [0.29, 0.717) is 16.7 Å². The van der Waals surface area contributed by atoms with Crippen molar-refractivity contribution in [1.29, 1.82) is 5.26 Å². The Morgan fingerprint density at radius 3 is 2.57 bits per heavy atom. The number of thiazole rings is 1. The molecule has 1 aromatic heterocycles. The summed E-state index contributed by atoms with van der Waals surface area (Å²) in [4.78, 5) is 4.47. The summed E-state index contributed by atoms with van der Waals surface area (Å²) in [6.07, 6.45) is 4.82. The van der Waals surface area contributed by atoms with Crippen LogP contribution in [-0.4, -0.2) is 11.0 Å². The minimum atomic E-state index is 0. The number of benzene rings is 1. The van der Waals surface area contributed by atoms with E-state index in [1.807, 2.05) is 17.5 Å². The minimum absolute atomic E-state index is 0. The number of halogens is 1. The lowest BCUT2D eigenvalue weighted by Gasteiger charge is -1.97. The highest BCUT2D eigenvalue weighted by atomic mass is 79.9. The fourth-order valence-corrected chi connectivity index (χ4v) is 2.96. The Morgan fingerprint density at radius 1 is 1.19 bits per heavy atom. The van der Waals surface area contributed by atoms with Crippen LogP contribution < -0.4 is 0 Å². The molecule has 0 bridgehead atoms. The van der Waals surface area contributed by atoms with Crippen molar-refractivity contribution in [2.75, 3.05) is 0 Å². The highest BCUT2D eigenvalue weighted by molar-refractivity contribution is 8.93. The molecule has 0 spiro atoms. The second-order valence-electron chi connectivity index (χ2n) is 4.86. The van der Waals surface area contributed by atoms with Crippen LogP contribution in [0.15, 0.2) is 39.9 Å². The lowest BCUT2D eigenvalue weighted by molar-refractivity contribution is 0.669. The summed E-state index contributed by atoms with van der Waals surface area (Å²) in [5, 5.41) is 20.1. The lowest BCUT2D eigenvalue weighted by Crippen LogP contribution is -1.92. The van der Waals surface area contributed by atoms with E-state index in [-0.39, 0.29) is 17.0 Å². The number of rotatable bonds is 3. The van der Waals surface area contributed by atoms with Crippen LogP contribution in [0.2, 0.25) is 0 Å². The highest BCUT2D eigenvalue weighted by Gasteiger charge is 2.13. The van der Waals surface area contributed by atoms with Crippen LogP contribution in [0.1, 0.15) is 31.2 Å². The molecule has 1 fully saturated rings. The third-order valence-corrected chi connectivity index (χ3v) is 4.16. The predicted octanol–water partition coefficient (Wildman–Crippen LogP) is 5.29. The van der Waals surface area contributed by atoms with Gasteiger partial charge in [0.2, 0.25) is 5.13 Å². The van der Waals surface area contributed by atoms with Crippen molar-refractivity contribution in [2.45, 2.75) is 31.7 Å². The molecule has 2 aromatic rings. The fraction of sp³-hybridized carbons (Fsp3) is 0.333. The van der Waals surface area contributed by atoms with E-state index in [1.165, 1.54) is 24.2 Å². The summed E-state index contributed by atoms with van der Waals surface area (Å²) in [7, 11) is 0. The van der Waals surface area contributed by atoms with Crippen molar-refractivity contribution < 1.29 is 0 Å². The lowest BCUT2D eigenvalue weighted by atomic mass is 10.1. The number of nitrogens with zero attached hydrogens (tertiary/aromatic N) is 4. The van der Waals surface area contributed by atoms with E-state index in [2.05, 4.69) is 21.3 Å². The zero-order valence-electron chi connectivity index (χ0n) is 11.4. The molecule has 0 aliphatic heterocycles. The van der Waals surface area contributed by atoms with Gasteiger partial charge in [0.25, 0.3) is 0 Å². The zero-order chi connectivity index (χ0) is 13.8. The van der Waals surface area contributed by atoms with Crippen molar-refractivity contribution in [1.82, 2.24) is 4.98 Å². The number of aromatic nitrogens is 1. The average Bonchev–Trinajstić information content (AvgIpc) is 3.17. The number of azo groups is 1. The molecule has 1 aliphatic rings. The summed E-state index contributed by atoms with van der Waals surface area (Å²) < 4.78 is 0.